The van der Waals surface area contributed by atoms with E-state index < -0.39 is 5.60 Å². The molecule has 19 heavy (non-hydrogen) atoms. The number of nitrogens with two attached hydrogens (primary N) is 1. The number of hydrogen-bond donors (Lipinski definition) is 2. The standard InChI is InChI=1S/C14H18N2O3/c1-14(7-17)4-8-2-9(15)10(3-12(8)19-14)16-5-13-11(16)6-18-13/h2-3,11,13,17H,4-7,15H2,1H3/t11?,13-,14?/m0/s1. The van der Waals surface area contributed by atoms with E-state index >= 15 is 0 Å². The van der Waals surface area contributed by atoms with Crippen molar-refractivity contribution in [3.05, 3.63) is 17.7 Å². The maximum absolute atomic E-state index is 9.41. The first-order valence-electron chi connectivity index (χ1n) is 6.70. The first kappa shape index (κ1) is 11.4. The van der Waals surface area contributed by atoms with Crippen molar-refractivity contribution in [1.29, 1.82) is 0 Å². The molecular weight excluding hydrogens is 244 g/mol. The molecule has 0 spiro atoms. The number of fused-ring (bicyclic) bond motifs is 2. The number of aliphatic hydroxyl groups is 1. The lowest BCUT2D eigenvalue weighted by molar-refractivity contribution is -0.113. The fraction of sp³-hybridized carbons (Fsp3) is 0.571. The molecule has 2 unspecified atom stereocenters. The van der Waals surface area contributed by atoms with E-state index in [4.69, 9.17) is 15.2 Å². The summed E-state index contributed by atoms with van der Waals surface area (Å²) in [5.41, 5.74) is 8.56. The average molecular weight is 262 g/mol. The van der Waals surface area contributed by atoms with Crippen molar-refractivity contribution in [2.45, 2.75) is 31.1 Å². The van der Waals surface area contributed by atoms with Gasteiger partial charge in [0.05, 0.1) is 36.7 Å². The Morgan fingerprint density at radius 3 is 2.95 bits per heavy atom. The van der Waals surface area contributed by atoms with Crippen molar-refractivity contribution in [3.8, 4) is 5.75 Å². The fourth-order valence-corrected chi connectivity index (χ4v) is 3.16. The van der Waals surface area contributed by atoms with Gasteiger partial charge in [-0.1, -0.05) is 0 Å². The summed E-state index contributed by atoms with van der Waals surface area (Å²) >= 11 is 0. The second-order valence-corrected chi connectivity index (χ2v) is 6.00. The summed E-state index contributed by atoms with van der Waals surface area (Å²) in [5, 5.41) is 9.41. The number of nitrogen functional groups attached to an aromatic ring is 1. The normalized spacial score (nSPS) is 34.9. The van der Waals surface area contributed by atoms with Crippen LogP contribution < -0.4 is 15.4 Å². The molecule has 5 nitrogen and oxygen atoms in total. The maximum atomic E-state index is 9.41. The van der Waals surface area contributed by atoms with Crippen molar-refractivity contribution < 1.29 is 14.6 Å². The lowest BCUT2D eigenvalue weighted by Crippen LogP contribution is -2.71. The second kappa shape index (κ2) is 3.55. The van der Waals surface area contributed by atoms with E-state index in [0.29, 0.717) is 18.6 Å². The van der Waals surface area contributed by atoms with Gasteiger partial charge in [0.15, 0.2) is 0 Å². The summed E-state index contributed by atoms with van der Waals surface area (Å²) in [4.78, 5) is 2.28. The van der Waals surface area contributed by atoms with Crippen molar-refractivity contribution in [2.24, 2.45) is 0 Å². The van der Waals surface area contributed by atoms with Crippen LogP contribution in [0.15, 0.2) is 12.1 Å². The van der Waals surface area contributed by atoms with Crippen LogP contribution >= 0.6 is 0 Å². The highest BCUT2D eigenvalue weighted by molar-refractivity contribution is 5.74. The summed E-state index contributed by atoms with van der Waals surface area (Å²) in [6, 6.07) is 4.48. The third kappa shape index (κ3) is 1.48. The Hall–Kier alpha value is -1.46. The molecular formula is C14H18N2O3. The molecule has 0 bridgehead atoms. The third-order valence-corrected chi connectivity index (χ3v) is 4.46. The van der Waals surface area contributed by atoms with Gasteiger partial charge < -0.3 is 25.2 Å². The zero-order valence-corrected chi connectivity index (χ0v) is 10.9. The van der Waals surface area contributed by atoms with Crippen molar-refractivity contribution in [3.63, 3.8) is 0 Å². The SMILES string of the molecule is CC1(CO)Cc2cc(N)c(N3C[C@@H]4OCC43)cc2O1. The molecule has 3 atom stereocenters. The van der Waals surface area contributed by atoms with Crippen LogP contribution in [0.3, 0.4) is 0 Å². The van der Waals surface area contributed by atoms with Crippen molar-refractivity contribution >= 4 is 11.4 Å². The summed E-state index contributed by atoms with van der Waals surface area (Å²) in [6.45, 7) is 3.63. The van der Waals surface area contributed by atoms with E-state index in [2.05, 4.69) is 4.90 Å². The topological polar surface area (TPSA) is 68.0 Å². The molecule has 3 heterocycles. The lowest BCUT2D eigenvalue weighted by Gasteiger charge is -2.56. The molecule has 0 aliphatic carbocycles. The van der Waals surface area contributed by atoms with E-state index in [1.165, 1.54) is 0 Å². The van der Waals surface area contributed by atoms with Gasteiger partial charge in [-0.05, 0) is 13.0 Å². The van der Waals surface area contributed by atoms with Gasteiger partial charge in [0.1, 0.15) is 11.4 Å². The number of ether oxygens (including phenoxy) is 2. The number of morpholine rings is 1. The van der Waals surface area contributed by atoms with Crippen LogP contribution in [0.2, 0.25) is 0 Å². The average Bonchev–Trinajstić information content (AvgIpc) is 2.68. The zero-order valence-electron chi connectivity index (χ0n) is 10.9. The monoisotopic (exact) mass is 262 g/mol. The van der Waals surface area contributed by atoms with E-state index in [-0.39, 0.29) is 6.61 Å². The Bertz CT molecular complexity index is 548. The van der Waals surface area contributed by atoms with Crippen LogP contribution in [0.5, 0.6) is 5.75 Å². The summed E-state index contributed by atoms with van der Waals surface area (Å²) in [7, 11) is 0. The number of benzene rings is 1. The zero-order chi connectivity index (χ0) is 13.2. The first-order valence-corrected chi connectivity index (χ1v) is 6.70. The number of aliphatic hydroxyl groups excluding tert-OH is 1. The van der Waals surface area contributed by atoms with Crippen LogP contribution in [0, 0.1) is 0 Å². The molecule has 0 amide bonds. The van der Waals surface area contributed by atoms with Crippen LogP contribution in [0.4, 0.5) is 11.4 Å². The quantitative estimate of drug-likeness (QED) is 0.762. The number of hydrogen-bond acceptors (Lipinski definition) is 5. The molecule has 1 aromatic carbocycles. The van der Waals surface area contributed by atoms with Gasteiger partial charge in [0.2, 0.25) is 0 Å². The van der Waals surface area contributed by atoms with E-state index in [0.717, 1.165) is 35.8 Å². The predicted octanol–water partition coefficient (Wildman–Crippen LogP) is 0.542. The van der Waals surface area contributed by atoms with Crippen LogP contribution in [0.1, 0.15) is 12.5 Å². The molecule has 3 aliphatic heterocycles. The number of rotatable bonds is 2. The van der Waals surface area contributed by atoms with E-state index in [1.54, 1.807) is 0 Å². The summed E-state index contributed by atoms with van der Waals surface area (Å²) in [5.74, 6) is 0.851. The summed E-state index contributed by atoms with van der Waals surface area (Å²) < 4.78 is 11.3. The van der Waals surface area contributed by atoms with Gasteiger partial charge in [-0.25, -0.2) is 0 Å². The highest BCUT2D eigenvalue weighted by Gasteiger charge is 2.48. The molecule has 0 radical (unpaired) electrons. The van der Waals surface area contributed by atoms with Gasteiger partial charge in [-0.2, -0.15) is 0 Å². The van der Waals surface area contributed by atoms with Gasteiger partial charge in [-0.15, -0.1) is 0 Å². The first-order chi connectivity index (χ1) is 9.09. The summed E-state index contributed by atoms with van der Waals surface area (Å²) in [6.07, 6.45) is 1.09. The van der Waals surface area contributed by atoms with Crippen LogP contribution in [-0.4, -0.2) is 42.6 Å². The smallest absolute Gasteiger partial charge is 0.133 e. The number of nitrogens with zero attached hydrogens (tertiary/aromatic N) is 1. The van der Waals surface area contributed by atoms with Crippen molar-refractivity contribution in [1.82, 2.24) is 0 Å². The van der Waals surface area contributed by atoms with Gasteiger partial charge >= 0.3 is 0 Å². The molecule has 3 N–H and O–H groups in total. The second-order valence-electron chi connectivity index (χ2n) is 6.00. The maximum Gasteiger partial charge on any atom is 0.133 e. The Kier molecular flexibility index (Phi) is 2.13. The third-order valence-electron chi connectivity index (χ3n) is 4.46. The Balaban J connectivity index is 1.66. The molecule has 0 aromatic heterocycles. The minimum absolute atomic E-state index is 0.0131. The van der Waals surface area contributed by atoms with Gasteiger partial charge in [-0.3, -0.25) is 0 Å². The highest BCUT2D eigenvalue weighted by Crippen LogP contribution is 2.44. The molecule has 2 fully saturated rings. The van der Waals surface area contributed by atoms with Crippen molar-refractivity contribution in [2.75, 3.05) is 30.4 Å². The van der Waals surface area contributed by atoms with Gasteiger partial charge in [0, 0.05) is 24.6 Å². The molecule has 3 aliphatic rings. The minimum Gasteiger partial charge on any atom is -0.484 e. The Morgan fingerprint density at radius 2 is 2.37 bits per heavy atom. The number of anilines is 2. The highest BCUT2D eigenvalue weighted by atomic mass is 16.5. The molecule has 4 rings (SSSR count). The Labute approximate surface area is 111 Å². The van der Waals surface area contributed by atoms with Gasteiger partial charge in [0.25, 0.3) is 0 Å². The largest absolute Gasteiger partial charge is 0.484 e. The Morgan fingerprint density at radius 1 is 1.53 bits per heavy atom. The van der Waals surface area contributed by atoms with Crippen LogP contribution in [0.25, 0.3) is 0 Å². The molecule has 102 valence electrons. The van der Waals surface area contributed by atoms with Crippen LogP contribution in [-0.2, 0) is 11.2 Å². The molecule has 2 saturated heterocycles. The lowest BCUT2D eigenvalue weighted by atomic mass is 9.92. The van der Waals surface area contributed by atoms with E-state index in [9.17, 15) is 5.11 Å². The van der Waals surface area contributed by atoms with E-state index in [1.807, 2.05) is 19.1 Å². The molecule has 0 saturated carbocycles. The minimum atomic E-state index is -0.509. The molecule has 5 heteroatoms. The fourth-order valence-electron chi connectivity index (χ4n) is 3.16. The predicted molar refractivity (Wildman–Crippen MR) is 71.6 cm³/mol. The molecule has 1 aromatic rings.